The van der Waals surface area contributed by atoms with Gasteiger partial charge < -0.3 is 5.32 Å². The first-order valence-electron chi connectivity index (χ1n) is 4.35. The Kier molecular flexibility index (Phi) is 6.09. The number of nitrogens with zero attached hydrogens (tertiary/aromatic N) is 3. The van der Waals surface area contributed by atoms with E-state index >= 15 is 0 Å². The van der Waals surface area contributed by atoms with Gasteiger partial charge in [0.2, 0.25) is 5.91 Å². The number of hydrogen-bond donors (Lipinski definition) is 1. The fourth-order valence-electron chi connectivity index (χ4n) is 0.776. The molecule has 0 saturated heterocycles. The molecule has 5 heteroatoms. The predicted molar refractivity (Wildman–Crippen MR) is 50.9 cm³/mol. The molecule has 5 nitrogen and oxygen atoms in total. The van der Waals surface area contributed by atoms with Gasteiger partial charge in [-0.1, -0.05) is 0 Å². The molecule has 1 atom stereocenters. The summed E-state index contributed by atoms with van der Waals surface area (Å²) in [5.41, 5.74) is 0. The maximum atomic E-state index is 11.2. The second kappa shape index (κ2) is 6.88. The van der Waals surface area contributed by atoms with E-state index in [9.17, 15) is 4.79 Å². The van der Waals surface area contributed by atoms with E-state index in [2.05, 4.69) is 5.32 Å². The monoisotopic (exact) mass is 194 g/mol. The van der Waals surface area contributed by atoms with Crippen molar-refractivity contribution < 1.29 is 4.79 Å². The number of rotatable bonds is 5. The van der Waals surface area contributed by atoms with Crippen LogP contribution >= 0.6 is 0 Å². The third-order valence-corrected chi connectivity index (χ3v) is 1.80. The van der Waals surface area contributed by atoms with Crippen molar-refractivity contribution in [1.29, 1.82) is 10.5 Å². The van der Waals surface area contributed by atoms with Gasteiger partial charge in [-0.15, -0.1) is 0 Å². The number of carbonyl (C=O) groups excluding carboxylic acids is 1. The Hall–Kier alpha value is -1.59. The molecule has 0 aliphatic carbocycles. The highest BCUT2D eigenvalue weighted by Crippen LogP contribution is 1.91. The van der Waals surface area contributed by atoms with Gasteiger partial charge in [0.15, 0.2) is 0 Å². The van der Waals surface area contributed by atoms with Gasteiger partial charge in [0, 0.05) is 6.54 Å². The van der Waals surface area contributed by atoms with Gasteiger partial charge in [0.1, 0.15) is 0 Å². The summed E-state index contributed by atoms with van der Waals surface area (Å²) >= 11 is 0. The van der Waals surface area contributed by atoms with Crippen LogP contribution in [-0.2, 0) is 4.79 Å². The largest absolute Gasteiger partial charge is 0.354 e. The number of carbonyl (C=O) groups is 1. The topological polar surface area (TPSA) is 79.9 Å². The number of amides is 1. The van der Waals surface area contributed by atoms with Crippen molar-refractivity contribution in [3.8, 4) is 12.1 Å². The lowest BCUT2D eigenvalue weighted by atomic mass is 10.3. The van der Waals surface area contributed by atoms with E-state index in [4.69, 9.17) is 10.5 Å². The molecule has 0 fully saturated rings. The number of likely N-dealkylation sites (N-methyl/N-ethyl adjacent to an activating group) is 1. The molecule has 0 aromatic carbocycles. The lowest BCUT2D eigenvalue weighted by molar-refractivity contribution is -0.122. The molecule has 1 amide bonds. The number of nitrogens with one attached hydrogen (secondary N) is 1. The van der Waals surface area contributed by atoms with E-state index in [1.165, 1.54) is 0 Å². The summed E-state index contributed by atoms with van der Waals surface area (Å²) in [5.74, 6) is -0.162. The minimum absolute atomic E-state index is 0.162. The standard InChI is InChI=1S/C9H14N4O/c1-8(6-11)13(2)7-9(14)12-5-3-4-10/h8H,3,5,7H2,1-2H3,(H,12,14). The highest BCUT2D eigenvalue weighted by molar-refractivity contribution is 5.78. The molecule has 0 aliphatic rings. The highest BCUT2D eigenvalue weighted by Gasteiger charge is 2.11. The minimum Gasteiger partial charge on any atom is -0.354 e. The predicted octanol–water partition coefficient (Wildman–Crippen LogP) is -0.140. The van der Waals surface area contributed by atoms with Crippen molar-refractivity contribution in [3.63, 3.8) is 0 Å². The van der Waals surface area contributed by atoms with Crippen molar-refractivity contribution in [2.45, 2.75) is 19.4 Å². The Morgan fingerprint density at radius 2 is 2.21 bits per heavy atom. The van der Waals surface area contributed by atoms with Crippen LogP contribution in [-0.4, -0.2) is 37.0 Å². The van der Waals surface area contributed by atoms with Crippen molar-refractivity contribution in [1.82, 2.24) is 10.2 Å². The molecule has 1 N–H and O–H groups in total. The highest BCUT2D eigenvalue weighted by atomic mass is 16.2. The molecule has 1 unspecified atom stereocenters. The first-order valence-corrected chi connectivity index (χ1v) is 4.35. The molecule has 76 valence electrons. The quantitative estimate of drug-likeness (QED) is 0.618. The van der Waals surface area contributed by atoms with E-state index in [0.717, 1.165) is 0 Å². The normalized spacial score (nSPS) is 11.5. The van der Waals surface area contributed by atoms with Crippen LogP contribution < -0.4 is 5.32 Å². The van der Waals surface area contributed by atoms with Crippen LogP contribution in [0.4, 0.5) is 0 Å². The molecule has 0 heterocycles. The first-order chi connectivity index (χ1) is 6.61. The van der Waals surface area contributed by atoms with Crippen LogP contribution in [0.25, 0.3) is 0 Å². The number of hydrogen-bond acceptors (Lipinski definition) is 4. The number of nitriles is 2. The molecule has 0 rings (SSSR count). The smallest absolute Gasteiger partial charge is 0.234 e. The molecular formula is C9H14N4O. The fraction of sp³-hybridized carbons (Fsp3) is 0.667. The summed E-state index contributed by atoms with van der Waals surface area (Å²) in [4.78, 5) is 12.8. The Labute approximate surface area is 83.9 Å². The van der Waals surface area contributed by atoms with Crippen LogP contribution in [0.3, 0.4) is 0 Å². The lowest BCUT2D eigenvalue weighted by Crippen LogP contribution is -2.39. The minimum atomic E-state index is -0.281. The van der Waals surface area contributed by atoms with Gasteiger partial charge in [-0.3, -0.25) is 9.69 Å². The second-order valence-electron chi connectivity index (χ2n) is 2.98. The maximum absolute atomic E-state index is 11.2. The van der Waals surface area contributed by atoms with Crippen molar-refractivity contribution in [3.05, 3.63) is 0 Å². The third-order valence-electron chi connectivity index (χ3n) is 1.80. The summed E-state index contributed by atoms with van der Waals surface area (Å²) in [7, 11) is 1.71. The Morgan fingerprint density at radius 3 is 2.71 bits per heavy atom. The van der Waals surface area contributed by atoms with Gasteiger partial charge in [-0.2, -0.15) is 10.5 Å². The molecule has 0 radical (unpaired) electrons. The maximum Gasteiger partial charge on any atom is 0.234 e. The molecule has 0 bridgehead atoms. The third kappa shape index (κ3) is 5.13. The van der Waals surface area contributed by atoms with Gasteiger partial charge in [-0.05, 0) is 14.0 Å². The van der Waals surface area contributed by atoms with E-state index < -0.39 is 0 Å². The Balaban J connectivity index is 3.73. The first kappa shape index (κ1) is 12.4. The fourth-order valence-corrected chi connectivity index (χ4v) is 0.776. The van der Waals surface area contributed by atoms with Crippen molar-refractivity contribution in [2.75, 3.05) is 20.1 Å². The van der Waals surface area contributed by atoms with E-state index in [1.807, 2.05) is 12.1 Å². The van der Waals surface area contributed by atoms with Crippen molar-refractivity contribution >= 4 is 5.91 Å². The summed E-state index contributed by atoms with van der Waals surface area (Å²) in [6, 6.07) is 3.68. The lowest BCUT2D eigenvalue weighted by Gasteiger charge is -2.17. The molecule has 0 aromatic heterocycles. The van der Waals surface area contributed by atoms with Gasteiger partial charge in [-0.25, -0.2) is 0 Å². The van der Waals surface area contributed by atoms with E-state index in [1.54, 1.807) is 18.9 Å². The molecule has 0 aromatic rings. The molecule has 14 heavy (non-hydrogen) atoms. The zero-order valence-electron chi connectivity index (χ0n) is 8.45. The molecule has 0 saturated carbocycles. The molecule has 0 aliphatic heterocycles. The van der Waals surface area contributed by atoms with Gasteiger partial charge in [0.25, 0.3) is 0 Å². The summed E-state index contributed by atoms with van der Waals surface area (Å²) in [6.07, 6.45) is 0.309. The SMILES string of the molecule is CC(C#N)N(C)CC(=O)NCCC#N. The average Bonchev–Trinajstić information content (AvgIpc) is 2.16. The van der Waals surface area contributed by atoms with E-state index in [0.29, 0.717) is 13.0 Å². The molecular weight excluding hydrogens is 180 g/mol. The van der Waals surface area contributed by atoms with Crippen LogP contribution in [0.2, 0.25) is 0 Å². The van der Waals surface area contributed by atoms with E-state index in [-0.39, 0.29) is 18.5 Å². The van der Waals surface area contributed by atoms with Crippen LogP contribution in [0.1, 0.15) is 13.3 Å². The van der Waals surface area contributed by atoms with Crippen LogP contribution in [0, 0.1) is 22.7 Å². The average molecular weight is 194 g/mol. The second-order valence-corrected chi connectivity index (χ2v) is 2.98. The van der Waals surface area contributed by atoms with Crippen molar-refractivity contribution in [2.24, 2.45) is 0 Å². The van der Waals surface area contributed by atoms with Crippen LogP contribution in [0.5, 0.6) is 0 Å². The Bertz CT molecular complexity index is 263. The van der Waals surface area contributed by atoms with Crippen LogP contribution in [0.15, 0.2) is 0 Å². The zero-order chi connectivity index (χ0) is 11.0. The summed E-state index contributed by atoms with van der Waals surface area (Å²) < 4.78 is 0. The summed E-state index contributed by atoms with van der Waals surface area (Å²) in [6.45, 7) is 2.27. The Morgan fingerprint density at radius 1 is 1.57 bits per heavy atom. The molecule has 0 spiro atoms. The van der Waals surface area contributed by atoms with Gasteiger partial charge >= 0.3 is 0 Å². The summed E-state index contributed by atoms with van der Waals surface area (Å²) in [5, 5.41) is 19.4. The zero-order valence-corrected chi connectivity index (χ0v) is 8.45. The van der Waals surface area contributed by atoms with Gasteiger partial charge in [0.05, 0.1) is 31.1 Å².